The normalized spacial score (nSPS) is 13.9. The SMILES string of the molecule is O=C(Nc1nc(-c2ccccn2)cs1)c1ccc(N2CCCCC2)c([N+](=O)[O-])c1. The van der Waals surface area contributed by atoms with Crippen molar-refractivity contribution in [3.05, 3.63) is 63.7 Å². The van der Waals surface area contributed by atoms with Gasteiger partial charge in [-0.3, -0.25) is 25.2 Å². The Kier molecular flexibility index (Phi) is 5.48. The lowest BCUT2D eigenvalue weighted by Crippen LogP contribution is -2.30. The maximum absolute atomic E-state index is 12.6. The highest BCUT2D eigenvalue weighted by Gasteiger charge is 2.23. The van der Waals surface area contributed by atoms with Crippen molar-refractivity contribution in [1.82, 2.24) is 9.97 Å². The Hall–Kier alpha value is -3.33. The Balaban J connectivity index is 1.53. The zero-order chi connectivity index (χ0) is 20.2. The lowest BCUT2D eigenvalue weighted by atomic mass is 10.1. The van der Waals surface area contributed by atoms with Crippen LogP contribution in [0.25, 0.3) is 11.4 Å². The summed E-state index contributed by atoms with van der Waals surface area (Å²) in [4.78, 5) is 34.4. The second-order valence-corrected chi connectivity index (χ2v) is 7.57. The molecule has 3 heterocycles. The number of nitrogens with one attached hydrogen (secondary N) is 1. The van der Waals surface area contributed by atoms with E-state index < -0.39 is 10.8 Å². The molecule has 1 N–H and O–H groups in total. The lowest BCUT2D eigenvalue weighted by molar-refractivity contribution is -0.384. The van der Waals surface area contributed by atoms with E-state index in [0.29, 0.717) is 22.2 Å². The van der Waals surface area contributed by atoms with E-state index in [4.69, 9.17) is 0 Å². The van der Waals surface area contributed by atoms with Crippen LogP contribution in [-0.2, 0) is 0 Å². The molecule has 1 fully saturated rings. The molecule has 0 aliphatic carbocycles. The monoisotopic (exact) mass is 409 g/mol. The number of hydrogen-bond acceptors (Lipinski definition) is 7. The first-order valence-corrected chi connectivity index (χ1v) is 10.2. The lowest BCUT2D eigenvalue weighted by Gasteiger charge is -2.28. The zero-order valence-corrected chi connectivity index (χ0v) is 16.4. The van der Waals surface area contributed by atoms with Crippen molar-refractivity contribution in [2.75, 3.05) is 23.3 Å². The van der Waals surface area contributed by atoms with Gasteiger partial charge in [0, 0.05) is 36.3 Å². The van der Waals surface area contributed by atoms with Gasteiger partial charge in [0.25, 0.3) is 11.6 Å². The van der Waals surface area contributed by atoms with Crippen LogP contribution in [0.2, 0.25) is 0 Å². The third-order valence-corrected chi connectivity index (χ3v) is 5.54. The molecular weight excluding hydrogens is 390 g/mol. The minimum atomic E-state index is -0.430. The van der Waals surface area contributed by atoms with Crippen molar-refractivity contribution in [3.8, 4) is 11.4 Å². The van der Waals surface area contributed by atoms with Gasteiger partial charge in [-0.2, -0.15) is 0 Å². The number of pyridine rings is 1. The number of benzene rings is 1. The number of aromatic nitrogens is 2. The first-order chi connectivity index (χ1) is 14.1. The Morgan fingerprint density at radius 3 is 2.69 bits per heavy atom. The molecule has 1 saturated heterocycles. The molecule has 0 unspecified atom stereocenters. The minimum absolute atomic E-state index is 0.0483. The van der Waals surface area contributed by atoms with Gasteiger partial charge in [-0.25, -0.2) is 4.98 Å². The van der Waals surface area contributed by atoms with Gasteiger partial charge in [-0.1, -0.05) is 6.07 Å². The van der Waals surface area contributed by atoms with E-state index in [-0.39, 0.29) is 11.3 Å². The average molecular weight is 409 g/mol. The highest BCUT2D eigenvalue weighted by molar-refractivity contribution is 7.14. The van der Waals surface area contributed by atoms with Crippen LogP contribution in [0.4, 0.5) is 16.5 Å². The van der Waals surface area contributed by atoms with Gasteiger partial charge < -0.3 is 4.90 Å². The molecule has 9 heteroatoms. The van der Waals surface area contributed by atoms with Crippen LogP contribution >= 0.6 is 11.3 Å². The number of nitro groups is 1. The second-order valence-electron chi connectivity index (χ2n) is 6.72. The van der Waals surface area contributed by atoms with Crippen LogP contribution < -0.4 is 10.2 Å². The summed E-state index contributed by atoms with van der Waals surface area (Å²) in [6.45, 7) is 1.59. The standard InChI is InChI=1S/C20H19N5O3S/c26-19(23-20-22-16(13-29-20)15-6-2-3-9-21-15)14-7-8-17(18(12-14)25(27)28)24-10-4-1-5-11-24/h2-3,6-9,12-13H,1,4-5,10-11H2,(H,22,23,26). The third kappa shape index (κ3) is 4.24. The molecule has 2 aromatic heterocycles. The minimum Gasteiger partial charge on any atom is -0.366 e. The van der Waals surface area contributed by atoms with Crippen molar-refractivity contribution in [1.29, 1.82) is 0 Å². The summed E-state index contributed by atoms with van der Waals surface area (Å²) in [5.41, 5.74) is 2.13. The van der Waals surface area contributed by atoms with E-state index in [0.717, 1.165) is 32.4 Å². The van der Waals surface area contributed by atoms with E-state index in [9.17, 15) is 14.9 Å². The van der Waals surface area contributed by atoms with Crippen LogP contribution in [0.1, 0.15) is 29.6 Å². The molecule has 0 spiro atoms. The van der Waals surface area contributed by atoms with Crippen molar-refractivity contribution < 1.29 is 9.72 Å². The van der Waals surface area contributed by atoms with E-state index in [1.165, 1.54) is 17.4 Å². The number of rotatable bonds is 5. The average Bonchev–Trinajstić information content (AvgIpc) is 3.23. The van der Waals surface area contributed by atoms with Gasteiger partial charge in [-0.15, -0.1) is 11.3 Å². The third-order valence-electron chi connectivity index (χ3n) is 4.78. The Morgan fingerprint density at radius 2 is 1.97 bits per heavy atom. The number of amides is 1. The van der Waals surface area contributed by atoms with Gasteiger partial charge in [-0.05, 0) is 43.5 Å². The van der Waals surface area contributed by atoms with Gasteiger partial charge in [0.15, 0.2) is 5.13 Å². The Morgan fingerprint density at radius 1 is 1.14 bits per heavy atom. The van der Waals surface area contributed by atoms with Crippen LogP contribution in [-0.4, -0.2) is 33.9 Å². The predicted molar refractivity (Wildman–Crippen MR) is 112 cm³/mol. The molecule has 148 valence electrons. The van der Waals surface area contributed by atoms with Crippen molar-refractivity contribution in [2.45, 2.75) is 19.3 Å². The molecule has 1 aromatic carbocycles. The van der Waals surface area contributed by atoms with E-state index in [2.05, 4.69) is 15.3 Å². The summed E-state index contributed by atoms with van der Waals surface area (Å²) < 4.78 is 0. The fourth-order valence-electron chi connectivity index (χ4n) is 3.35. The summed E-state index contributed by atoms with van der Waals surface area (Å²) in [5.74, 6) is -0.430. The fraction of sp³-hybridized carbons (Fsp3) is 0.250. The fourth-order valence-corrected chi connectivity index (χ4v) is 4.04. The van der Waals surface area contributed by atoms with Gasteiger partial charge in [0.2, 0.25) is 0 Å². The number of anilines is 2. The largest absolute Gasteiger partial charge is 0.366 e. The summed E-state index contributed by atoms with van der Waals surface area (Å²) in [6.07, 6.45) is 4.85. The van der Waals surface area contributed by atoms with Crippen molar-refractivity contribution >= 4 is 33.8 Å². The molecule has 0 saturated carbocycles. The predicted octanol–water partition coefficient (Wildman–Crippen LogP) is 4.36. The quantitative estimate of drug-likeness (QED) is 0.496. The molecule has 0 bridgehead atoms. The van der Waals surface area contributed by atoms with Gasteiger partial charge in [0.05, 0.1) is 10.6 Å². The molecule has 1 amide bonds. The zero-order valence-electron chi connectivity index (χ0n) is 15.6. The molecule has 8 nitrogen and oxygen atoms in total. The first kappa shape index (κ1) is 19.0. The van der Waals surface area contributed by atoms with Crippen molar-refractivity contribution in [3.63, 3.8) is 0 Å². The maximum Gasteiger partial charge on any atom is 0.293 e. The molecule has 4 rings (SSSR count). The highest BCUT2D eigenvalue weighted by atomic mass is 32.1. The number of carbonyl (C=O) groups is 1. The Bertz CT molecular complexity index is 1030. The van der Waals surface area contributed by atoms with E-state index >= 15 is 0 Å². The van der Waals surface area contributed by atoms with Crippen molar-refractivity contribution in [2.24, 2.45) is 0 Å². The summed E-state index contributed by atoms with van der Waals surface area (Å²) in [5, 5.41) is 16.5. The first-order valence-electron chi connectivity index (χ1n) is 9.33. The molecule has 1 aliphatic rings. The number of hydrogen-bond donors (Lipinski definition) is 1. The molecular formula is C20H19N5O3S. The second kappa shape index (κ2) is 8.36. The number of thiazole rings is 1. The number of nitro benzene ring substituents is 1. The maximum atomic E-state index is 12.6. The molecule has 1 aliphatic heterocycles. The van der Waals surface area contributed by atoms with E-state index in [1.807, 2.05) is 23.1 Å². The summed E-state index contributed by atoms with van der Waals surface area (Å²) >= 11 is 1.28. The van der Waals surface area contributed by atoms with E-state index in [1.54, 1.807) is 23.7 Å². The molecule has 3 aromatic rings. The summed E-state index contributed by atoms with van der Waals surface area (Å²) in [6, 6.07) is 10.1. The number of nitrogens with zero attached hydrogens (tertiary/aromatic N) is 4. The Labute approximate surface area is 171 Å². The van der Waals surface area contributed by atoms with Gasteiger partial charge >= 0.3 is 0 Å². The molecule has 0 radical (unpaired) electrons. The smallest absolute Gasteiger partial charge is 0.293 e. The van der Waals surface area contributed by atoms with Crippen LogP contribution in [0.3, 0.4) is 0 Å². The number of piperidine rings is 1. The van der Waals surface area contributed by atoms with Crippen LogP contribution in [0.15, 0.2) is 48.0 Å². The molecule has 0 atom stereocenters. The highest BCUT2D eigenvalue weighted by Crippen LogP contribution is 2.32. The van der Waals surface area contributed by atoms with Crippen LogP contribution in [0, 0.1) is 10.1 Å². The topological polar surface area (TPSA) is 101 Å². The summed E-state index contributed by atoms with van der Waals surface area (Å²) in [7, 11) is 0. The van der Waals surface area contributed by atoms with Crippen LogP contribution in [0.5, 0.6) is 0 Å². The number of carbonyl (C=O) groups excluding carboxylic acids is 1. The van der Waals surface area contributed by atoms with Gasteiger partial charge in [0.1, 0.15) is 11.4 Å². The molecule has 29 heavy (non-hydrogen) atoms.